The maximum Gasteiger partial charge on any atom is 0.495 e. The SMILES string of the molecule is COc1ccc([C@@H](c2cc(OC)c(OC)cc2B2OC(C)(C)C(C)(C)O2)N(C)C)cc1OC. The highest BCUT2D eigenvalue weighted by molar-refractivity contribution is 6.62. The van der Waals surface area contributed by atoms with Gasteiger partial charge >= 0.3 is 7.12 Å². The molecule has 0 radical (unpaired) electrons. The normalized spacial score (nSPS) is 17.7. The van der Waals surface area contributed by atoms with Gasteiger partial charge in [0, 0.05) is 0 Å². The Morgan fingerprint density at radius 2 is 1.21 bits per heavy atom. The zero-order chi connectivity index (χ0) is 24.6. The first-order valence-electron chi connectivity index (χ1n) is 11.0. The molecule has 0 N–H and O–H groups in total. The van der Waals surface area contributed by atoms with E-state index in [-0.39, 0.29) is 6.04 Å². The van der Waals surface area contributed by atoms with Gasteiger partial charge in [0.05, 0.1) is 45.7 Å². The zero-order valence-electron chi connectivity index (χ0n) is 21.4. The van der Waals surface area contributed by atoms with E-state index in [1.54, 1.807) is 28.4 Å². The third kappa shape index (κ3) is 4.65. The first-order chi connectivity index (χ1) is 15.5. The number of hydrogen-bond acceptors (Lipinski definition) is 7. The van der Waals surface area contributed by atoms with Gasteiger partial charge in [0.1, 0.15) is 0 Å². The van der Waals surface area contributed by atoms with E-state index in [1.807, 2.05) is 72.1 Å². The molecule has 1 fully saturated rings. The van der Waals surface area contributed by atoms with Crippen LogP contribution in [0.25, 0.3) is 0 Å². The van der Waals surface area contributed by atoms with Crippen molar-refractivity contribution < 1.29 is 28.3 Å². The second-order valence-electron chi connectivity index (χ2n) is 9.40. The molecule has 1 atom stereocenters. The van der Waals surface area contributed by atoms with Crippen LogP contribution in [0.1, 0.15) is 44.9 Å². The first kappa shape index (κ1) is 25.2. The molecular weight excluding hydrogens is 421 g/mol. The summed E-state index contributed by atoms with van der Waals surface area (Å²) in [4.78, 5) is 2.14. The molecule has 2 aromatic carbocycles. The van der Waals surface area contributed by atoms with Crippen molar-refractivity contribution in [2.75, 3.05) is 42.5 Å². The zero-order valence-corrected chi connectivity index (χ0v) is 21.4. The molecule has 33 heavy (non-hydrogen) atoms. The van der Waals surface area contributed by atoms with Crippen molar-refractivity contribution in [3.63, 3.8) is 0 Å². The summed E-state index contributed by atoms with van der Waals surface area (Å²) in [6.45, 7) is 8.19. The van der Waals surface area contributed by atoms with Crippen LogP contribution in [0, 0.1) is 0 Å². The molecule has 1 heterocycles. The molecule has 3 rings (SSSR count). The largest absolute Gasteiger partial charge is 0.495 e. The topological polar surface area (TPSA) is 58.6 Å². The fourth-order valence-electron chi connectivity index (χ4n) is 4.10. The summed E-state index contributed by atoms with van der Waals surface area (Å²) in [6, 6.07) is 9.76. The van der Waals surface area contributed by atoms with Crippen molar-refractivity contribution in [1.82, 2.24) is 4.90 Å². The summed E-state index contributed by atoms with van der Waals surface area (Å²) in [5.41, 5.74) is 1.96. The van der Waals surface area contributed by atoms with Crippen molar-refractivity contribution in [2.45, 2.75) is 44.9 Å². The van der Waals surface area contributed by atoms with Crippen LogP contribution in [-0.4, -0.2) is 65.8 Å². The van der Waals surface area contributed by atoms with Gasteiger partial charge in [-0.25, -0.2) is 0 Å². The molecule has 0 spiro atoms. The molecule has 7 nitrogen and oxygen atoms in total. The Kier molecular flexibility index (Phi) is 7.22. The molecule has 0 aromatic heterocycles. The van der Waals surface area contributed by atoms with Gasteiger partial charge in [-0.2, -0.15) is 0 Å². The Bertz CT molecular complexity index is 975. The van der Waals surface area contributed by atoms with Crippen LogP contribution < -0.4 is 24.4 Å². The van der Waals surface area contributed by atoms with Gasteiger partial charge in [0.2, 0.25) is 0 Å². The van der Waals surface area contributed by atoms with Crippen LogP contribution in [0.4, 0.5) is 0 Å². The Morgan fingerprint density at radius 3 is 1.70 bits per heavy atom. The van der Waals surface area contributed by atoms with Crippen LogP contribution in [0.3, 0.4) is 0 Å². The summed E-state index contributed by atoms with van der Waals surface area (Å²) in [5.74, 6) is 2.60. The van der Waals surface area contributed by atoms with E-state index in [1.165, 1.54) is 0 Å². The highest BCUT2D eigenvalue weighted by Gasteiger charge is 2.52. The predicted molar refractivity (Wildman–Crippen MR) is 130 cm³/mol. The van der Waals surface area contributed by atoms with Crippen molar-refractivity contribution >= 4 is 12.6 Å². The minimum Gasteiger partial charge on any atom is -0.493 e. The summed E-state index contributed by atoms with van der Waals surface area (Å²) >= 11 is 0. The third-order valence-corrected chi connectivity index (χ3v) is 6.63. The molecule has 0 unspecified atom stereocenters. The van der Waals surface area contributed by atoms with Crippen molar-refractivity contribution in [2.24, 2.45) is 0 Å². The van der Waals surface area contributed by atoms with Crippen LogP contribution >= 0.6 is 0 Å². The lowest BCUT2D eigenvalue weighted by Gasteiger charge is -2.32. The molecule has 0 aliphatic carbocycles. The smallest absolute Gasteiger partial charge is 0.493 e. The molecule has 0 amide bonds. The van der Waals surface area contributed by atoms with E-state index in [4.69, 9.17) is 28.3 Å². The van der Waals surface area contributed by atoms with E-state index < -0.39 is 18.3 Å². The van der Waals surface area contributed by atoms with Crippen molar-refractivity contribution in [1.29, 1.82) is 0 Å². The van der Waals surface area contributed by atoms with Gasteiger partial charge in [-0.1, -0.05) is 6.07 Å². The van der Waals surface area contributed by atoms with Crippen molar-refractivity contribution in [3.05, 3.63) is 41.5 Å². The summed E-state index contributed by atoms with van der Waals surface area (Å²) in [7, 11) is 10.0. The number of hydrogen-bond donors (Lipinski definition) is 0. The Balaban J connectivity index is 2.22. The number of benzene rings is 2. The van der Waals surface area contributed by atoms with Gasteiger partial charge in [0.25, 0.3) is 0 Å². The first-order valence-corrected chi connectivity index (χ1v) is 11.0. The molecule has 0 bridgehead atoms. The lowest BCUT2D eigenvalue weighted by molar-refractivity contribution is 0.00578. The van der Waals surface area contributed by atoms with Gasteiger partial charge < -0.3 is 28.3 Å². The molecule has 1 aliphatic heterocycles. The fourth-order valence-corrected chi connectivity index (χ4v) is 4.10. The van der Waals surface area contributed by atoms with Crippen LogP contribution in [0.15, 0.2) is 30.3 Å². The summed E-state index contributed by atoms with van der Waals surface area (Å²) in [5, 5.41) is 0. The lowest BCUT2D eigenvalue weighted by atomic mass is 9.73. The standard InChI is InChI=1S/C25H36BNO6/c1-24(2)25(3,4)33-26(32-24)18-15-22(31-10)21(30-9)14-17(18)23(27(5)6)16-11-12-19(28-7)20(13-16)29-8/h11-15,23H,1-10H3/t23-/m0/s1. The summed E-state index contributed by atoms with van der Waals surface area (Å²) < 4.78 is 35.1. The van der Waals surface area contributed by atoms with Gasteiger partial charge in [-0.3, -0.25) is 4.90 Å². The number of nitrogens with zero attached hydrogens (tertiary/aromatic N) is 1. The van der Waals surface area contributed by atoms with Gasteiger partial charge in [-0.05, 0) is 82.6 Å². The second kappa shape index (κ2) is 9.45. The maximum atomic E-state index is 6.43. The molecule has 1 aliphatic rings. The van der Waals surface area contributed by atoms with E-state index in [0.717, 1.165) is 16.6 Å². The maximum absolute atomic E-state index is 6.43. The lowest BCUT2D eigenvalue weighted by Crippen LogP contribution is -2.41. The number of ether oxygens (including phenoxy) is 4. The Morgan fingerprint density at radius 1 is 0.727 bits per heavy atom. The fraction of sp³-hybridized carbons (Fsp3) is 0.520. The van der Waals surface area contributed by atoms with Crippen LogP contribution in [0.5, 0.6) is 23.0 Å². The molecule has 8 heteroatoms. The minimum absolute atomic E-state index is 0.140. The third-order valence-electron chi connectivity index (χ3n) is 6.63. The van der Waals surface area contributed by atoms with E-state index >= 15 is 0 Å². The molecule has 2 aromatic rings. The Labute approximate surface area is 198 Å². The van der Waals surface area contributed by atoms with Gasteiger partial charge in [-0.15, -0.1) is 0 Å². The minimum atomic E-state index is -0.563. The predicted octanol–water partition coefficient (Wildman–Crippen LogP) is 3.67. The van der Waals surface area contributed by atoms with Crippen molar-refractivity contribution in [3.8, 4) is 23.0 Å². The summed E-state index contributed by atoms with van der Waals surface area (Å²) in [6.07, 6.45) is 0. The highest BCUT2D eigenvalue weighted by atomic mass is 16.7. The van der Waals surface area contributed by atoms with E-state index in [9.17, 15) is 0 Å². The Hall–Kier alpha value is -2.42. The molecule has 180 valence electrons. The quantitative estimate of drug-likeness (QED) is 0.561. The van der Waals surface area contributed by atoms with Gasteiger partial charge in [0.15, 0.2) is 23.0 Å². The monoisotopic (exact) mass is 457 g/mol. The molecule has 1 saturated heterocycles. The molecular formula is C25H36BNO6. The average molecular weight is 457 g/mol. The van der Waals surface area contributed by atoms with E-state index in [0.29, 0.717) is 23.0 Å². The molecule has 0 saturated carbocycles. The van der Waals surface area contributed by atoms with Crippen LogP contribution in [-0.2, 0) is 9.31 Å². The van der Waals surface area contributed by atoms with E-state index in [2.05, 4.69) is 4.90 Å². The second-order valence-corrected chi connectivity index (χ2v) is 9.40. The number of rotatable bonds is 8. The van der Waals surface area contributed by atoms with Crippen LogP contribution in [0.2, 0.25) is 0 Å². The number of methoxy groups -OCH3 is 4. The average Bonchev–Trinajstić information content (AvgIpc) is 2.99. The highest BCUT2D eigenvalue weighted by Crippen LogP contribution is 2.40.